The minimum absolute atomic E-state index is 0.0367. The third-order valence-corrected chi connectivity index (χ3v) is 3.93. The number of nitrogens with zero attached hydrogens (tertiary/aromatic N) is 1. The third-order valence-electron chi connectivity index (χ3n) is 2.62. The Morgan fingerprint density at radius 3 is 2.60 bits per heavy atom. The molecule has 20 heavy (non-hydrogen) atoms. The normalized spacial score (nSPS) is 11.3. The van der Waals surface area contributed by atoms with Crippen molar-refractivity contribution in [3.8, 4) is 5.75 Å². The van der Waals surface area contributed by atoms with E-state index in [1.165, 1.54) is 18.3 Å². The maximum Gasteiger partial charge on any atom is 0.192 e. The maximum absolute atomic E-state index is 11.3. The Morgan fingerprint density at radius 1 is 1.30 bits per heavy atom. The summed E-state index contributed by atoms with van der Waals surface area (Å²) in [5.74, 6) is 0.0367. The Labute approximate surface area is 122 Å². The van der Waals surface area contributed by atoms with Gasteiger partial charge in [-0.2, -0.15) is 0 Å². The lowest BCUT2D eigenvalue weighted by molar-refractivity contribution is 0.475. The van der Waals surface area contributed by atoms with Gasteiger partial charge in [0.05, 0.1) is 16.9 Å². The number of hydrogen-bond acceptors (Lipinski definition) is 5. The fourth-order valence-electron chi connectivity index (χ4n) is 1.57. The average Bonchev–Trinajstić information content (AvgIpc) is 2.40. The van der Waals surface area contributed by atoms with Gasteiger partial charge in [-0.25, -0.2) is 13.4 Å². The zero-order chi connectivity index (χ0) is 14.8. The molecule has 0 amide bonds. The molecule has 7 heteroatoms. The molecule has 0 aliphatic rings. The number of rotatable bonds is 4. The van der Waals surface area contributed by atoms with Gasteiger partial charge in [0, 0.05) is 12.8 Å². The first-order valence-electron chi connectivity index (χ1n) is 5.73. The largest absolute Gasteiger partial charge is 0.506 e. The summed E-state index contributed by atoms with van der Waals surface area (Å²) in [5, 5.41) is 12.7. The van der Waals surface area contributed by atoms with Crippen molar-refractivity contribution in [3.05, 3.63) is 47.1 Å². The molecule has 0 atom stereocenters. The summed E-state index contributed by atoms with van der Waals surface area (Å²) in [6.45, 7) is 0.486. The first kappa shape index (κ1) is 14.6. The second-order valence-electron chi connectivity index (χ2n) is 4.30. The Morgan fingerprint density at radius 2 is 2.05 bits per heavy atom. The molecule has 106 valence electrons. The molecule has 5 nitrogen and oxygen atoms in total. The van der Waals surface area contributed by atoms with Gasteiger partial charge in [-0.05, 0) is 29.8 Å². The lowest BCUT2D eigenvalue weighted by Crippen LogP contribution is -2.03. The molecule has 1 heterocycles. The number of nitrogens with one attached hydrogen (secondary N) is 1. The highest BCUT2D eigenvalue weighted by Crippen LogP contribution is 2.24. The highest BCUT2D eigenvalue weighted by atomic mass is 35.5. The second kappa shape index (κ2) is 5.68. The third kappa shape index (κ3) is 3.61. The van der Waals surface area contributed by atoms with Crippen LogP contribution in [0.3, 0.4) is 0 Å². The van der Waals surface area contributed by atoms with Crippen molar-refractivity contribution in [1.29, 1.82) is 0 Å². The van der Waals surface area contributed by atoms with Crippen LogP contribution in [0.1, 0.15) is 5.56 Å². The number of sulfone groups is 1. The van der Waals surface area contributed by atoms with Crippen LogP contribution in [-0.2, 0) is 16.4 Å². The number of benzene rings is 1. The van der Waals surface area contributed by atoms with Gasteiger partial charge in [0.15, 0.2) is 14.9 Å². The van der Waals surface area contributed by atoms with Crippen molar-refractivity contribution in [2.75, 3.05) is 11.6 Å². The van der Waals surface area contributed by atoms with Gasteiger partial charge >= 0.3 is 0 Å². The number of anilines is 1. The fourth-order valence-corrected chi connectivity index (χ4v) is 2.33. The van der Waals surface area contributed by atoms with Gasteiger partial charge < -0.3 is 10.4 Å². The highest BCUT2D eigenvalue weighted by Gasteiger charge is 2.07. The Kier molecular flexibility index (Phi) is 4.15. The summed E-state index contributed by atoms with van der Waals surface area (Å²) in [7, 11) is -3.28. The summed E-state index contributed by atoms with van der Waals surface area (Å²) >= 11 is 5.81. The molecule has 0 bridgehead atoms. The van der Waals surface area contributed by atoms with Crippen LogP contribution < -0.4 is 5.32 Å². The molecular weight excluding hydrogens is 300 g/mol. The summed E-state index contributed by atoms with van der Waals surface area (Å²) < 4.78 is 22.5. The lowest BCUT2D eigenvalue weighted by Gasteiger charge is -2.07. The van der Waals surface area contributed by atoms with Gasteiger partial charge in [-0.15, -0.1) is 0 Å². The number of hydrogen-bond donors (Lipinski definition) is 2. The first-order chi connectivity index (χ1) is 9.36. The number of halogens is 1. The minimum atomic E-state index is -3.28. The van der Waals surface area contributed by atoms with E-state index in [0.29, 0.717) is 12.2 Å². The highest BCUT2D eigenvalue weighted by molar-refractivity contribution is 7.90. The van der Waals surface area contributed by atoms with Crippen LogP contribution in [0.4, 0.5) is 5.69 Å². The van der Waals surface area contributed by atoms with Gasteiger partial charge in [0.1, 0.15) is 5.75 Å². The van der Waals surface area contributed by atoms with Crippen molar-refractivity contribution in [2.24, 2.45) is 0 Å². The molecule has 0 radical (unpaired) electrons. The number of phenols is 1. The van der Waals surface area contributed by atoms with Crippen molar-refractivity contribution in [3.63, 3.8) is 0 Å². The zero-order valence-electron chi connectivity index (χ0n) is 10.7. The van der Waals surface area contributed by atoms with E-state index in [-0.39, 0.29) is 15.8 Å². The van der Waals surface area contributed by atoms with E-state index >= 15 is 0 Å². The minimum Gasteiger partial charge on any atom is -0.506 e. The van der Waals surface area contributed by atoms with E-state index in [1.807, 2.05) is 0 Å². The van der Waals surface area contributed by atoms with Crippen molar-refractivity contribution < 1.29 is 13.5 Å². The van der Waals surface area contributed by atoms with Gasteiger partial charge in [0.25, 0.3) is 0 Å². The van der Waals surface area contributed by atoms with Crippen LogP contribution in [0.25, 0.3) is 0 Å². The standard InChI is InChI=1S/C13H13ClN2O3S/c1-20(18,19)13-5-3-10(8-16-13)15-7-9-2-4-12(17)11(14)6-9/h2-6,8,15,17H,7H2,1H3. The van der Waals surface area contributed by atoms with Crippen LogP contribution >= 0.6 is 11.6 Å². The SMILES string of the molecule is CS(=O)(=O)c1ccc(NCc2ccc(O)c(Cl)c2)cn1. The average molecular weight is 313 g/mol. The summed E-state index contributed by atoms with van der Waals surface area (Å²) in [5.41, 5.74) is 1.58. The Hall–Kier alpha value is -1.79. The molecule has 0 fully saturated rings. The molecule has 0 saturated heterocycles. The van der Waals surface area contributed by atoms with E-state index in [2.05, 4.69) is 10.3 Å². The molecule has 0 spiro atoms. The van der Waals surface area contributed by atoms with Crippen LogP contribution in [0.2, 0.25) is 5.02 Å². The zero-order valence-corrected chi connectivity index (χ0v) is 12.2. The molecule has 1 aromatic heterocycles. The Balaban J connectivity index is 2.06. The number of pyridine rings is 1. The monoisotopic (exact) mass is 312 g/mol. The molecular formula is C13H13ClN2O3S. The Bertz CT molecular complexity index is 715. The van der Waals surface area contributed by atoms with Gasteiger partial charge in [-0.1, -0.05) is 17.7 Å². The van der Waals surface area contributed by atoms with E-state index in [4.69, 9.17) is 11.6 Å². The smallest absolute Gasteiger partial charge is 0.192 e. The maximum atomic E-state index is 11.3. The summed E-state index contributed by atoms with van der Waals surface area (Å²) in [4.78, 5) is 3.88. The van der Waals surface area contributed by atoms with Gasteiger partial charge in [-0.3, -0.25) is 0 Å². The molecule has 2 N–H and O–H groups in total. The van der Waals surface area contributed by atoms with Crippen LogP contribution in [0.5, 0.6) is 5.75 Å². The molecule has 2 rings (SSSR count). The van der Waals surface area contributed by atoms with E-state index in [9.17, 15) is 13.5 Å². The number of aromatic hydroxyl groups is 1. The van der Waals surface area contributed by atoms with E-state index < -0.39 is 9.84 Å². The summed E-state index contributed by atoms with van der Waals surface area (Å²) in [6, 6.07) is 8.01. The van der Waals surface area contributed by atoms with Crippen molar-refractivity contribution >= 4 is 27.1 Å². The lowest BCUT2D eigenvalue weighted by atomic mass is 10.2. The first-order valence-corrected chi connectivity index (χ1v) is 8.00. The summed E-state index contributed by atoms with van der Waals surface area (Å²) in [6.07, 6.45) is 2.57. The predicted molar refractivity (Wildman–Crippen MR) is 77.8 cm³/mol. The topological polar surface area (TPSA) is 79.3 Å². The molecule has 2 aromatic rings. The molecule has 1 aromatic carbocycles. The number of aromatic nitrogens is 1. The molecule has 0 aliphatic heterocycles. The van der Waals surface area contributed by atoms with E-state index in [1.54, 1.807) is 18.2 Å². The van der Waals surface area contributed by atoms with Crippen molar-refractivity contribution in [2.45, 2.75) is 11.6 Å². The fraction of sp³-hybridized carbons (Fsp3) is 0.154. The number of phenolic OH excluding ortho intramolecular Hbond substituents is 1. The molecule has 0 aliphatic carbocycles. The second-order valence-corrected chi connectivity index (χ2v) is 6.67. The molecule has 0 saturated carbocycles. The van der Waals surface area contributed by atoms with Crippen LogP contribution in [0.15, 0.2) is 41.6 Å². The van der Waals surface area contributed by atoms with E-state index in [0.717, 1.165) is 11.8 Å². The van der Waals surface area contributed by atoms with Crippen LogP contribution in [0, 0.1) is 0 Å². The predicted octanol–water partition coefficient (Wildman–Crippen LogP) is 2.46. The van der Waals surface area contributed by atoms with Gasteiger partial charge in [0.2, 0.25) is 0 Å². The molecule has 0 unspecified atom stereocenters. The van der Waals surface area contributed by atoms with Crippen molar-refractivity contribution in [1.82, 2.24) is 4.98 Å². The quantitative estimate of drug-likeness (QED) is 0.906. The van der Waals surface area contributed by atoms with Crippen LogP contribution in [-0.4, -0.2) is 24.8 Å².